The molecule has 2 fully saturated rings. The third-order valence-electron chi connectivity index (χ3n) is 7.42. The van der Waals surface area contributed by atoms with Crippen LogP contribution in [0, 0.1) is 5.92 Å². The number of piperidine rings is 1. The fourth-order valence-corrected chi connectivity index (χ4v) is 5.31. The van der Waals surface area contributed by atoms with Gasteiger partial charge < -0.3 is 20.2 Å². The van der Waals surface area contributed by atoms with Gasteiger partial charge in [0.05, 0.1) is 12.6 Å². The van der Waals surface area contributed by atoms with Gasteiger partial charge in [-0.25, -0.2) is 0 Å². The van der Waals surface area contributed by atoms with Crippen LogP contribution < -0.4 is 5.32 Å². The second kappa shape index (κ2) is 14.2. The summed E-state index contributed by atoms with van der Waals surface area (Å²) in [6.45, 7) is 4.19. The van der Waals surface area contributed by atoms with Gasteiger partial charge in [0.2, 0.25) is 17.7 Å². The maximum atomic E-state index is 13.5. The predicted octanol–water partition coefficient (Wildman–Crippen LogP) is 3.30. The van der Waals surface area contributed by atoms with E-state index in [4.69, 9.17) is 0 Å². The number of carbonyl (C=O) groups excluding carboxylic acids is 3. The molecule has 0 saturated carbocycles. The van der Waals surface area contributed by atoms with Gasteiger partial charge in [-0.15, -0.1) is 0 Å². The zero-order valence-corrected chi connectivity index (χ0v) is 21.3. The van der Waals surface area contributed by atoms with E-state index in [9.17, 15) is 19.5 Å². The summed E-state index contributed by atoms with van der Waals surface area (Å²) in [6, 6.07) is 8.79. The Kier molecular flexibility index (Phi) is 11.0. The largest absolute Gasteiger partial charge is 0.394 e. The Labute approximate surface area is 210 Å². The van der Waals surface area contributed by atoms with Crippen molar-refractivity contribution >= 4 is 17.7 Å². The van der Waals surface area contributed by atoms with Crippen LogP contribution in [0.1, 0.15) is 76.7 Å². The lowest BCUT2D eigenvalue weighted by Crippen LogP contribution is -2.53. The summed E-state index contributed by atoms with van der Waals surface area (Å²) in [5, 5.41) is 12.8. The van der Waals surface area contributed by atoms with Gasteiger partial charge in [-0.2, -0.15) is 0 Å². The normalized spacial score (nSPS) is 19.9. The molecule has 7 nitrogen and oxygen atoms in total. The second-order valence-electron chi connectivity index (χ2n) is 10.1. The van der Waals surface area contributed by atoms with E-state index >= 15 is 0 Å². The molecule has 0 aliphatic carbocycles. The Hall–Kier alpha value is -2.41. The van der Waals surface area contributed by atoms with Gasteiger partial charge in [-0.1, -0.05) is 56.5 Å². The van der Waals surface area contributed by atoms with Crippen molar-refractivity contribution in [1.82, 2.24) is 15.1 Å². The summed E-state index contributed by atoms with van der Waals surface area (Å²) in [4.78, 5) is 43.7. The number of rotatable bonds is 12. The first kappa shape index (κ1) is 27.2. The smallest absolute Gasteiger partial charge is 0.245 e. The molecule has 2 N–H and O–H groups in total. The molecule has 3 atom stereocenters. The zero-order chi connectivity index (χ0) is 25.0. The van der Waals surface area contributed by atoms with Crippen LogP contribution >= 0.6 is 0 Å². The molecule has 2 saturated heterocycles. The Morgan fingerprint density at radius 2 is 1.77 bits per heavy atom. The first-order valence-corrected chi connectivity index (χ1v) is 13.6. The monoisotopic (exact) mass is 485 g/mol. The highest BCUT2D eigenvalue weighted by Crippen LogP contribution is 2.21. The number of hydrogen-bond acceptors (Lipinski definition) is 4. The Bertz CT molecular complexity index is 810. The molecule has 3 amide bonds. The number of aliphatic hydroxyl groups excluding tert-OH is 1. The van der Waals surface area contributed by atoms with Crippen LogP contribution in [0.3, 0.4) is 0 Å². The molecule has 0 bridgehead atoms. The fraction of sp³-hybridized carbons (Fsp3) is 0.679. The van der Waals surface area contributed by atoms with Gasteiger partial charge >= 0.3 is 0 Å². The Balaban J connectivity index is 1.73. The molecule has 2 aliphatic rings. The molecule has 7 heteroatoms. The minimum Gasteiger partial charge on any atom is -0.394 e. The van der Waals surface area contributed by atoms with Crippen LogP contribution in [0.15, 0.2) is 30.3 Å². The molecule has 2 aliphatic heterocycles. The van der Waals surface area contributed by atoms with Gasteiger partial charge in [0.25, 0.3) is 0 Å². The van der Waals surface area contributed by atoms with Gasteiger partial charge in [0, 0.05) is 38.4 Å². The second-order valence-corrected chi connectivity index (χ2v) is 10.1. The number of hydrogen-bond donors (Lipinski definition) is 2. The molecular weight excluding hydrogens is 442 g/mol. The van der Waals surface area contributed by atoms with Crippen LogP contribution in [0.25, 0.3) is 0 Å². The molecule has 1 aromatic rings. The molecule has 3 rings (SSSR count). The molecule has 194 valence electrons. The molecule has 1 aromatic carbocycles. The first-order chi connectivity index (χ1) is 17.0. The lowest BCUT2D eigenvalue weighted by molar-refractivity contribution is -0.140. The molecule has 0 radical (unpaired) electrons. The zero-order valence-electron chi connectivity index (χ0n) is 21.3. The highest BCUT2D eigenvalue weighted by molar-refractivity contribution is 5.91. The number of carbonyl (C=O) groups is 3. The summed E-state index contributed by atoms with van der Waals surface area (Å²) >= 11 is 0. The summed E-state index contributed by atoms with van der Waals surface area (Å²) in [5.74, 6) is -0.740. The number of unbranched alkanes of at least 4 members (excludes halogenated alkanes) is 2. The predicted molar refractivity (Wildman–Crippen MR) is 137 cm³/mol. The van der Waals surface area contributed by atoms with Crippen molar-refractivity contribution in [3.05, 3.63) is 35.9 Å². The standard InChI is InChI=1S/C28H43N3O4/c1-2-3-6-14-23(20-26(33)30-16-9-5-10-17-30)27(34)29-25(19-22-12-7-4-8-13-22)28(35)31-18-11-15-24(31)21-32/h4,7-8,12-13,23-25,32H,2-3,5-6,9-11,14-21H2,1H3,(H,29,34)/t23-,24-,25-/m0/s1. The van der Waals surface area contributed by atoms with E-state index in [0.29, 0.717) is 19.4 Å². The third kappa shape index (κ3) is 8.06. The van der Waals surface area contributed by atoms with Gasteiger partial charge in [0.15, 0.2) is 0 Å². The summed E-state index contributed by atoms with van der Waals surface area (Å²) < 4.78 is 0. The van der Waals surface area contributed by atoms with Crippen molar-refractivity contribution in [1.29, 1.82) is 0 Å². The topological polar surface area (TPSA) is 90.0 Å². The van der Waals surface area contributed by atoms with E-state index in [1.807, 2.05) is 35.2 Å². The number of amides is 3. The van der Waals surface area contributed by atoms with Gasteiger partial charge in [0.1, 0.15) is 6.04 Å². The van der Waals surface area contributed by atoms with E-state index in [1.54, 1.807) is 4.90 Å². The number of nitrogens with one attached hydrogen (secondary N) is 1. The van der Waals surface area contributed by atoms with Crippen molar-refractivity contribution in [3.8, 4) is 0 Å². The van der Waals surface area contributed by atoms with Crippen LogP contribution in [0.4, 0.5) is 0 Å². The minimum absolute atomic E-state index is 0.0483. The number of benzene rings is 1. The van der Waals surface area contributed by atoms with E-state index < -0.39 is 12.0 Å². The maximum Gasteiger partial charge on any atom is 0.245 e. The van der Waals surface area contributed by atoms with Crippen molar-refractivity contribution in [2.24, 2.45) is 5.92 Å². The fourth-order valence-electron chi connectivity index (χ4n) is 5.31. The molecule has 2 heterocycles. The molecule has 0 unspecified atom stereocenters. The van der Waals surface area contributed by atoms with Crippen molar-refractivity contribution in [2.45, 2.75) is 89.6 Å². The summed E-state index contributed by atoms with van der Waals surface area (Å²) in [6.07, 6.45) is 9.01. The van der Waals surface area contributed by atoms with Crippen LogP contribution in [-0.4, -0.2) is 71.0 Å². The molecule has 0 spiro atoms. The molecule has 35 heavy (non-hydrogen) atoms. The highest BCUT2D eigenvalue weighted by atomic mass is 16.3. The molecular formula is C28H43N3O4. The van der Waals surface area contributed by atoms with Crippen LogP contribution in [-0.2, 0) is 20.8 Å². The number of likely N-dealkylation sites (tertiary alicyclic amines) is 2. The maximum absolute atomic E-state index is 13.5. The van der Waals surface area contributed by atoms with E-state index in [-0.39, 0.29) is 36.8 Å². The van der Waals surface area contributed by atoms with E-state index in [1.165, 1.54) is 0 Å². The number of aliphatic hydroxyl groups is 1. The molecule has 0 aromatic heterocycles. The highest BCUT2D eigenvalue weighted by Gasteiger charge is 2.35. The van der Waals surface area contributed by atoms with Crippen molar-refractivity contribution in [2.75, 3.05) is 26.2 Å². The first-order valence-electron chi connectivity index (χ1n) is 13.6. The van der Waals surface area contributed by atoms with Crippen LogP contribution in [0.2, 0.25) is 0 Å². The van der Waals surface area contributed by atoms with E-state index in [2.05, 4.69) is 12.2 Å². The SMILES string of the molecule is CCCCC[C@@H](CC(=O)N1CCCCC1)C(=O)N[C@@H](Cc1ccccc1)C(=O)N1CCC[C@H]1CO. The Morgan fingerprint density at radius 3 is 2.46 bits per heavy atom. The quantitative estimate of drug-likeness (QED) is 0.445. The van der Waals surface area contributed by atoms with Crippen molar-refractivity contribution < 1.29 is 19.5 Å². The average molecular weight is 486 g/mol. The van der Waals surface area contributed by atoms with E-state index in [0.717, 1.165) is 70.0 Å². The average Bonchev–Trinajstić information content (AvgIpc) is 3.37. The van der Waals surface area contributed by atoms with Gasteiger partial charge in [-0.05, 0) is 44.1 Å². The Morgan fingerprint density at radius 1 is 1.03 bits per heavy atom. The summed E-state index contributed by atoms with van der Waals surface area (Å²) in [7, 11) is 0. The van der Waals surface area contributed by atoms with Crippen molar-refractivity contribution in [3.63, 3.8) is 0 Å². The minimum atomic E-state index is -0.712. The lowest BCUT2D eigenvalue weighted by atomic mass is 9.94. The summed E-state index contributed by atoms with van der Waals surface area (Å²) in [5.41, 5.74) is 0.970. The van der Waals surface area contributed by atoms with Gasteiger partial charge in [-0.3, -0.25) is 14.4 Å². The van der Waals surface area contributed by atoms with Crippen LogP contribution in [0.5, 0.6) is 0 Å². The number of nitrogens with zero attached hydrogens (tertiary/aromatic N) is 2. The lowest BCUT2D eigenvalue weighted by Gasteiger charge is -2.31. The third-order valence-corrected chi connectivity index (χ3v) is 7.42.